The van der Waals surface area contributed by atoms with Crippen molar-refractivity contribution in [3.8, 4) is 0 Å². The van der Waals surface area contributed by atoms with Crippen LogP contribution in [0.3, 0.4) is 0 Å². The van der Waals surface area contributed by atoms with E-state index in [-0.39, 0.29) is 0 Å². The van der Waals surface area contributed by atoms with Crippen molar-refractivity contribution >= 4 is 23.2 Å². The molecule has 0 aliphatic rings. The molecule has 0 fully saturated rings. The van der Waals surface area contributed by atoms with Crippen LogP contribution < -0.4 is 0 Å². The van der Waals surface area contributed by atoms with E-state index in [1.54, 1.807) is 17.9 Å². The number of rotatable bonds is 0. The SMILES string of the molecule is Cn1cc(Cl)c(Cl)n1. The maximum atomic E-state index is 5.51. The van der Waals surface area contributed by atoms with Gasteiger partial charge in [0.15, 0.2) is 5.15 Å². The van der Waals surface area contributed by atoms with Crippen LogP contribution in [0, 0.1) is 0 Å². The summed E-state index contributed by atoms with van der Waals surface area (Å²) < 4.78 is 1.56. The lowest BCUT2D eigenvalue weighted by atomic mass is 10.7. The standard InChI is InChI=1S/C4H4Cl2N2/c1-8-2-3(5)4(6)7-8/h2H,1H3. The zero-order valence-electron chi connectivity index (χ0n) is 4.23. The molecule has 0 aliphatic carbocycles. The predicted octanol–water partition coefficient (Wildman–Crippen LogP) is 1.73. The quantitative estimate of drug-likeness (QED) is 0.551. The van der Waals surface area contributed by atoms with E-state index in [2.05, 4.69) is 5.10 Å². The molecule has 0 aromatic carbocycles. The summed E-state index contributed by atoms with van der Waals surface area (Å²) >= 11 is 11.0. The first kappa shape index (κ1) is 5.92. The van der Waals surface area contributed by atoms with Gasteiger partial charge in [0.1, 0.15) is 0 Å². The Morgan fingerprint density at radius 2 is 2.25 bits per heavy atom. The van der Waals surface area contributed by atoms with Crippen LogP contribution in [0.4, 0.5) is 0 Å². The van der Waals surface area contributed by atoms with E-state index < -0.39 is 0 Å². The Balaban J connectivity index is 3.14. The van der Waals surface area contributed by atoms with Crippen LogP contribution in [0.25, 0.3) is 0 Å². The molecule has 0 bridgehead atoms. The molecular formula is C4H4Cl2N2. The number of aromatic nitrogens is 2. The molecule has 44 valence electrons. The Hall–Kier alpha value is -0.210. The van der Waals surface area contributed by atoms with Crippen LogP contribution in [0.2, 0.25) is 10.2 Å². The maximum absolute atomic E-state index is 5.51. The maximum Gasteiger partial charge on any atom is 0.169 e. The lowest BCUT2D eigenvalue weighted by Gasteiger charge is -1.78. The largest absolute Gasteiger partial charge is 0.273 e. The van der Waals surface area contributed by atoms with Gasteiger partial charge in [-0.05, 0) is 0 Å². The summed E-state index contributed by atoms with van der Waals surface area (Å²) in [4.78, 5) is 0. The number of hydrogen-bond acceptors (Lipinski definition) is 1. The summed E-state index contributed by atoms with van der Waals surface area (Å²) in [5.74, 6) is 0. The van der Waals surface area contributed by atoms with Gasteiger partial charge in [0, 0.05) is 13.2 Å². The highest BCUT2D eigenvalue weighted by Gasteiger charge is 1.98. The van der Waals surface area contributed by atoms with Gasteiger partial charge in [0.05, 0.1) is 5.02 Å². The van der Waals surface area contributed by atoms with E-state index in [1.165, 1.54) is 0 Å². The first-order valence-electron chi connectivity index (χ1n) is 2.05. The van der Waals surface area contributed by atoms with Crippen molar-refractivity contribution in [2.75, 3.05) is 0 Å². The van der Waals surface area contributed by atoms with Gasteiger partial charge in [-0.15, -0.1) is 0 Å². The number of hydrogen-bond donors (Lipinski definition) is 0. The molecular weight excluding hydrogens is 147 g/mol. The van der Waals surface area contributed by atoms with E-state index in [9.17, 15) is 0 Å². The molecule has 1 rings (SSSR count). The van der Waals surface area contributed by atoms with Crippen molar-refractivity contribution in [3.05, 3.63) is 16.4 Å². The van der Waals surface area contributed by atoms with Gasteiger partial charge in [0.25, 0.3) is 0 Å². The van der Waals surface area contributed by atoms with Gasteiger partial charge in [-0.3, -0.25) is 4.68 Å². The van der Waals surface area contributed by atoms with Crippen molar-refractivity contribution in [2.24, 2.45) is 7.05 Å². The molecule has 0 saturated carbocycles. The summed E-state index contributed by atoms with van der Waals surface area (Å²) in [7, 11) is 1.76. The molecule has 0 N–H and O–H groups in total. The molecule has 1 aromatic rings. The summed E-state index contributed by atoms with van der Waals surface area (Å²) in [5.41, 5.74) is 0. The molecule has 1 heterocycles. The monoisotopic (exact) mass is 150 g/mol. The molecule has 0 aliphatic heterocycles. The second kappa shape index (κ2) is 1.96. The van der Waals surface area contributed by atoms with Gasteiger partial charge < -0.3 is 0 Å². The minimum absolute atomic E-state index is 0.356. The Bertz CT molecular complexity index is 174. The molecule has 0 spiro atoms. The molecule has 8 heavy (non-hydrogen) atoms. The van der Waals surface area contributed by atoms with Gasteiger partial charge >= 0.3 is 0 Å². The number of halogens is 2. The molecule has 2 nitrogen and oxygen atoms in total. The van der Waals surface area contributed by atoms with Crippen molar-refractivity contribution < 1.29 is 0 Å². The highest BCUT2D eigenvalue weighted by atomic mass is 35.5. The lowest BCUT2D eigenvalue weighted by Crippen LogP contribution is -1.84. The van der Waals surface area contributed by atoms with E-state index in [0.717, 1.165) is 0 Å². The summed E-state index contributed by atoms with van der Waals surface area (Å²) in [6.45, 7) is 0. The van der Waals surface area contributed by atoms with Crippen molar-refractivity contribution in [1.29, 1.82) is 0 Å². The predicted molar refractivity (Wildman–Crippen MR) is 33.2 cm³/mol. The third-order valence-electron chi connectivity index (χ3n) is 0.743. The van der Waals surface area contributed by atoms with Crippen LogP contribution in [0.5, 0.6) is 0 Å². The minimum Gasteiger partial charge on any atom is -0.273 e. The second-order valence-corrected chi connectivity index (χ2v) is 2.21. The number of nitrogens with zero attached hydrogens (tertiary/aromatic N) is 2. The Kier molecular flexibility index (Phi) is 1.45. The van der Waals surface area contributed by atoms with E-state index in [4.69, 9.17) is 23.2 Å². The minimum atomic E-state index is 0.356. The number of aryl methyl sites for hydroxylation is 1. The van der Waals surface area contributed by atoms with Gasteiger partial charge in [-0.1, -0.05) is 23.2 Å². The zero-order valence-corrected chi connectivity index (χ0v) is 5.74. The van der Waals surface area contributed by atoms with Gasteiger partial charge in [-0.25, -0.2) is 0 Å². The third-order valence-corrected chi connectivity index (χ3v) is 1.40. The van der Waals surface area contributed by atoms with Gasteiger partial charge in [-0.2, -0.15) is 5.10 Å². The molecule has 0 radical (unpaired) electrons. The fourth-order valence-electron chi connectivity index (χ4n) is 0.432. The van der Waals surface area contributed by atoms with Gasteiger partial charge in [0.2, 0.25) is 0 Å². The average molecular weight is 151 g/mol. The Morgan fingerprint density at radius 1 is 1.62 bits per heavy atom. The highest BCUT2D eigenvalue weighted by Crippen LogP contribution is 2.17. The molecule has 0 saturated heterocycles. The normalized spacial score (nSPS) is 9.88. The van der Waals surface area contributed by atoms with E-state index >= 15 is 0 Å². The molecule has 0 atom stereocenters. The van der Waals surface area contributed by atoms with E-state index in [0.29, 0.717) is 10.2 Å². The van der Waals surface area contributed by atoms with Crippen LogP contribution in [0.15, 0.2) is 6.20 Å². The van der Waals surface area contributed by atoms with Crippen LogP contribution >= 0.6 is 23.2 Å². The topological polar surface area (TPSA) is 17.8 Å². The smallest absolute Gasteiger partial charge is 0.169 e. The second-order valence-electron chi connectivity index (χ2n) is 1.44. The molecule has 1 aromatic heterocycles. The highest BCUT2D eigenvalue weighted by molar-refractivity contribution is 6.41. The van der Waals surface area contributed by atoms with Crippen molar-refractivity contribution in [3.63, 3.8) is 0 Å². The first-order chi connectivity index (χ1) is 3.70. The summed E-state index contributed by atoms with van der Waals surface area (Å²) in [6.07, 6.45) is 1.64. The Labute approximate surface area is 57.0 Å². The fraction of sp³-hybridized carbons (Fsp3) is 0.250. The van der Waals surface area contributed by atoms with Crippen LogP contribution in [-0.4, -0.2) is 9.78 Å². The molecule has 4 heteroatoms. The zero-order chi connectivity index (χ0) is 6.15. The summed E-state index contributed by atoms with van der Waals surface area (Å²) in [5, 5.41) is 4.61. The van der Waals surface area contributed by atoms with E-state index in [1.807, 2.05) is 0 Å². The molecule has 0 unspecified atom stereocenters. The summed E-state index contributed by atoms with van der Waals surface area (Å²) in [6, 6.07) is 0. The Morgan fingerprint density at radius 3 is 2.38 bits per heavy atom. The average Bonchev–Trinajstić information content (AvgIpc) is 1.85. The van der Waals surface area contributed by atoms with Crippen LogP contribution in [0.1, 0.15) is 0 Å². The lowest BCUT2D eigenvalue weighted by molar-refractivity contribution is 0.768. The van der Waals surface area contributed by atoms with Crippen LogP contribution in [-0.2, 0) is 7.05 Å². The first-order valence-corrected chi connectivity index (χ1v) is 2.80. The van der Waals surface area contributed by atoms with Crippen molar-refractivity contribution in [1.82, 2.24) is 9.78 Å². The third kappa shape index (κ3) is 0.956. The fourth-order valence-corrected chi connectivity index (χ4v) is 0.779. The van der Waals surface area contributed by atoms with Crippen molar-refractivity contribution in [2.45, 2.75) is 0 Å². The molecule has 0 amide bonds.